The first-order valence-corrected chi connectivity index (χ1v) is 8.00. The predicted molar refractivity (Wildman–Crippen MR) is 68.4 cm³/mol. The van der Waals surface area contributed by atoms with Crippen LogP contribution in [0.2, 0.25) is 0 Å². The van der Waals surface area contributed by atoms with Crippen LogP contribution in [0.4, 0.5) is 0 Å². The van der Waals surface area contributed by atoms with Crippen molar-refractivity contribution < 1.29 is 18.3 Å². The van der Waals surface area contributed by atoms with Crippen LogP contribution in [0.1, 0.15) is 35.9 Å². The quantitative estimate of drug-likeness (QED) is 0.867. The number of hydrogen-bond donors (Lipinski definition) is 2. The molecule has 2 rings (SSSR count). The second-order valence-corrected chi connectivity index (χ2v) is 7.62. The number of rotatable bonds is 5. The first kappa shape index (κ1) is 13.5. The highest BCUT2D eigenvalue weighted by atomic mass is 32.2. The zero-order valence-electron chi connectivity index (χ0n) is 9.97. The summed E-state index contributed by atoms with van der Waals surface area (Å²) in [4.78, 5) is 10.8. The summed E-state index contributed by atoms with van der Waals surface area (Å²) in [5.41, 5.74) is 0.0543. The first-order chi connectivity index (χ1) is 8.32. The standard InChI is InChI=1S/C11H15NO4S2/c1-11(3-2-4-11)7-12-18(15,16)8-5-9(10(13)14)17-6-8/h5-6,12H,2-4,7H2,1H3,(H,13,14). The van der Waals surface area contributed by atoms with E-state index in [2.05, 4.69) is 11.6 Å². The summed E-state index contributed by atoms with van der Waals surface area (Å²) in [6, 6.07) is 1.19. The largest absolute Gasteiger partial charge is 0.477 e. The van der Waals surface area contributed by atoms with Gasteiger partial charge in [0, 0.05) is 11.9 Å². The number of aromatic carboxylic acids is 1. The first-order valence-electron chi connectivity index (χ1n) is 5.64. The van der Waals surface area contributed by atoms with Gasteiger partial charge < -0.3 is 5.11 Å². The van der Waals surface area contributed by atoms with Crippen LogP contribution in [0, 0.1) is 5.41 Å². The molecule has 0 unspecified atom stereocenters. The average Bonchev–Trinajstić information content (AvgIpc) is 2.73. The molecule has 1 saturated carbocycles. The number of hydrogen-bond acceptors (Lipinski definition) is 4. The second-order valence-electron chi connectivity index (χ2n) is 4.94. The van der Waals surface area contributed by atoms with Crippen molar-refractivity contribution in [2.24, 2.45) is 5.41 Å². The fraction of sp³-hybridized carbons (Fsp3) is 0.545. The van der Waals surface area contributed by atoms with E-state index < -0.39 is 16.0 Å². The summed E-state index contributed by atoms with van der Waals surface area (Å²) in [6.45, 7) is 2.46. The van der Waals surface area contributed by atoms with Gasteiger partial charge in [0.05, 0.1) is 4.90 Å². The van der Waals surface area contributed by atoms with E-state index in [1.165, 1.54) is 11.4 Å². The van der Waals surface area contributed by atoms with E-state index in [9.17, 15) is 13.2 Å². The van der Waals surface area contributed by atoms with E-state index >= 15 is 0 Å². The lowest BCUT2D eigenvalue weighted by molar-refractivity contribution is 0.0702. The Hall–Kier alpha value is -0.920. The molecule has 1 aromatic rings. The van der Waals surface area contributed by atoms with Gasteiger partial charge in [-0.1, -0.05) is 13.3 Å². The van der Waals surface area contributed by atoms with E-state index in [1.54, 1.807) is 0 Å². The lowest BCUT2D eigenvalue weighted by Gasteiger charge is -2.38. The van der Waals surface area contributed by atoms with Crippen molar-refractivity contribution in [3.8, 4) is 0 Å². The zero-order valence-corrected chi connectivity index (χ0v) is 11.6. The van der Waals surface area contributed by atoms with Crippen LogP contribution < -0.4 is 4.72 Å². The maximum Gasteiger partial charge on any atom is 0.345 e. The summed E-state index contributed by atoms with van der Waals surface area (Å²) in [7, 11) is -3.59. The Morgan fingerprint density at radius 3 is 2.67 bits per heavy atom. The Morgan fingerprint density at radius 1 is 1.56 bits per heavy atom. The summed E-state index contributed by atoms with van der Waals surface area (Å²) >= 11 is 0.919. The maximum atomic E-state index is 12.0. The summed E-state index contributed by atoms with van der Waals surface area (Å²) in [5.74, 6) is -1.10. The van der Waals surface area contributed by atoms with Crippen LogP contribution in [0.3, 0.4) is 0 Å². The van der Waals surface area contributed by atoms with E-state index in [4.69, 9.17) is 5.11 Å². The number of carbonyl (C=O) groups is 1. The molecule has 5 nitrogen and oxygen atoms in total. The summed E-state index contributed by atoms with van der Waals surface area (Å²) < 4.78 is 26.5. The normalized spacial score (nSPS) is 18.3. The SMILES string of the molecule is CC1(CNS(=O)(=O)c2csc(C(=O)O)c2)CCC1. The topological polar surface area (TPSA) is 83.5 Å². The van der Waals surface area contributed by atoms with E-state index in [-0.39, 0.29) is 15.2 Å². The van der Waals surface area contributed by atoms with Gasteiger partial charge in [-0.25, -0.2) is 17.9 Å². The highest BCUT2D eigenvalue weighted by Gasteiger charge is 2.33. The molecule has 1 aromatic heterocycles. The van der Waals surface area contributed by atoms with Crippen LogP contribution in [-0.4, -0.2) is 26.0 Å². The van der Waals surface area contributed by atoms with E-state index in [0.717, 1.165) is 30.6 Å². The van der Waals surface area contributed by atoms with Gasteiger partial charge in [-0.05, 0) is 24.3 Å². The van der Waals surface area contributed by atoms with Gasteiger partial charge in [0.2, 0.25) is 10.0 Å². The molecule has 2 N–H and O–H groups in total. The smallest absolute Gasteiger partial charge is 0.345 e. The minimum Gasteiger partial charge on any atom is -0.477 e. The van der Waals surface area contributed by atoms with E-state index in [0.29, 0.717) is 6.54 Å². The van der Waals surface area contributed by atoms with Crippen molar-refractivity contribution in [2.45, 2.75) is 31.1 Å². The van der Waals surface area contributed by atoms with Crippen molar-refractivity contribution in [1.29, 1.82) is 0 Å². The molecular formula is C11H15NO4S2. The van der Waals surface area contributed by atoms with E-state index in [1.807, 2.05) is 0 Å². The van der Waals surface area contributed by atoms with Crippen molar-refractivity contribution in [1.82, 2.24) is 4.72 Å². The highest BCUT2D eigenvalue weighted by molar-refractivity contribution is 7.89. The van der Waals surface area contributed by atoms with Gasteiger partial charge in [0.15, 0.2) is 0 Å². The number of nitrogens with one attached hydrogen (secondary N) is 1. The van der Waals surface area contributed by atoms with Gasteiger partial charge in [-0.15, -0.1) is 11.3 Å². The minimum absolute atomic E-state index is 0.0326. The third kappa shape index (κ3) is 2.73. The third-order valence-electron chi connectivity index (χ3n) is 3.35. The number of sulfonamides is 1. The molecule has 1 fully saturated rings. The lowest BCUT2D eigenvalue weighted by Crippen LogP contribution is -2.39. The fourth-order valence-electron chi connectivity index (χ4n) is 1.88. The molecule has 1 heterocycles. The third-order valence-corrected chi connectivity index (χ3v) is 5.79. The molecule has 0 bridgehead atoms. The lowest BCUT2D eigenvalue weighted by atomic mass is 9.71. The van der Waals surface area contributed by atoms with Gasteiger partial charge >= 0.3 is 5.97 Å². The molecule has 7 heteroatoms. The van der Waals surface area contributed by atoms with Crippen molar-refractivity contribution >= 4 is 27.3 Å². The van der Waals surface area contributed by atoms with Crippen LogP contribution in [0.25, 0.3) is 0 Å². The second kappa shape index (κ2) is 4.64. The maximum absolute atomic E-state index is 12.0. The number of carboxylic acid groups (broad SMARTS) is 1. The van der Waals surface area contributed by atoms with Crippen molar-refractivity contribution in [3.63, 3.8) is 0 Å². The molecule has 0 amide bonds. The Balaban J connectivity index is 2.07. The molecule has 100 valence electrons. The Bertz CT molecular complexity index is 557. The molecule has 0 atom stereocenters. The molecule has 0 aromatic carbocycles. The van der Waals surface area contributed by atoms with Gasteiger partial charge in [-0.2, -0.15) is 0 Å². The monoisotopic (exact) mass is 289 g/mol. The molecule has 1 aliphatic rings. The number of carboxylic acids is 1. The minimum atomic E-state index is -3.59. The molecule has 0 saturated heterocycles. The fourth-order valence-corrected chi connectivity index (χ4v) is 4.19. The molecule has 0 aliphatic heterocycles. The molecular weight excluding hydrogens is 274 g/mol. The van der Waals surface area contributed by atoms with Crippen molar-refractivity contribution in [3.05, 3.63) is 16.3 Å². The summed E-state index contributed by atoms with van der Waals surface area (Å²) in [6.07, 6.45) is 3.19. The van der Waals surface area contributed by atoms with Crippen LogP contribution in [0.5, 0.6) is 0 Å². The number of thiophene rings is 1. The highest BCUT2D eigenvalue weighted by Crippen LogP contribution is 2.39. The zero-order chi connectivity index (χ0) is 13.4. The van der Waals surface area contributed by atoms with Crippen LogP contribution in [0.15, 0.2) is 16.3 Å². The average molecular weight is 289 g/mol. The van der Waals surface area contributed by atoms with Crippen LogP contribution >= 0.6 is 11.3 Å². The molecule has 0 radical (unpaired) electrons. The Labute approximate surface area is 110 Å². The Kier molecular flexibility index (Phi) is 3.48. The molecule has 0 spiro atoms. The van der Waals surface area contributed by atoms with Gasteiger partial charge in [0.25, 0.3) is 0 Å². The Morgan fingerprint density at radius 2 is 2.22 bits per heavy atom. The van der Waals surface area contributed by atoms with Gasteiger partial charge in [-0.3, -0.25) is 0 Å². The predicted octanol–water partition coefficient (Wildman–Crippen LogP) is 1.91. The van der Waals surface area contributed by atoms with Crippen molar-refractivity contribution in [2.75, 3.05) is 6.54 Å². The molecule has 18 heavy (non-hydrogen) atoms. The summed E-state index contributed by atoms with van der Waals surface area (Å²) in [5, 5.41) is 10.1. The van der Waals surface area contributed by atoms with Gasteiger partial charge in [0.1, 0.15) is 4.88 Å². The van der Waals surface area contributed by atoms with Crippen LogP contribution in [-0.2, 0) is 10.0 Å². The molecule has 1 aliphatic carbocycles.